The second-order valence-electron chi connectivity index (χ2n) is 13.7. The minimum Gasteiger partial charge on any atom is -0.444 e. The maximum absolute atomic E-state index is 12.4. The summed E-state index contributed by atoms with van der Waals surface area (Å²) in [7, 11) is 0. The number of carbonyl (C=O) groups excluding carboxylic acids is 1. The Morgan fingerprint density at radius 2 is 1.69 bits per heavy atom. The molecule has 1 aromatic carbocycles. The molecule has 2 unspecified atom stereocenters. The molecule has 2 aliphatic heterocycles. The van der Waals surface area contributed by atoms with Crippen molar-refractivity contribution in [3.8, 4) is 0 Å². The maximum atomic E-state index is 12.4. The second kappa shape index (κ2) is 9.62. The first-order valence-corrected chi connectivity index (χ1v) is 14.5. The lowest BCUT2D eigenvalue weighted by atomic mass is 9.77. The average molecular weight is 497 g/mol. The number of amides is 1. The van der Waals surface area contributed by atoms with Crippen molar-refractivity contribution in [3.05, 3.63) is 33.9 Å². The highest BCUT2D eigenvalue weighted by atomic mass is 16.6. The number of aryl methyl sites for hydroxylation is 1. The van der Waals surface area contributed by atoms with E-state index in [1.54, 1.807) is 11.1 Å². The van der Waals surface area contributed by atoms with Crippen molar-refractivity contribution in [2.45, 2.75) is 122 Å². The van der Waals surface area contributed by atoms with Crippen LogP contribution in [-0.4, -0.2) is 64.9 Å². The molecule has 4 fully saturated rings. The number of carbonyl (C=O) groups is 1. The molecule has 1 aromatic rings. The number of piperidine rings is 1. The van der Waals surface area contributed by atoms with Gasteiger partial charge in [0.25, 0.3) is 0 Å². The molecule has 36 heavy (non-hydrogen) atoms. The summed E-state index contributed by atoms with van der Waals surface area (Å²) in [5.74, 6) is 1.15. The van der Waals surface area contributed by atoms with Gasteiger partial charge in [-0.1, -0.05) is 6.07 Å². The van der Waals surface area contributed by atoms with Crippen LogP contribution in [0.5, 0.6) is 0 Å². The predicted molar refractivity (Wildman–Crippen MR) is 145 cm³/mol. The first kappa shape index (κ1) is 26.0. The quantitative estimate of drug-likeness (QED) is 0.541. The summed E-state index contributed by atoms with van der Waals surface area (Å²) in [4.78, 5) is 17.1. The van der Waals surface area contributed by atoms with E-state index in [1.165, 1.54) is 61.9 Å². The molecule has 1 amide bonds. The van der Waals surface area contributed by atoms with Crippen LogP contribution < -0.4 is 0 Å². The molecule has 4 aliphatic rings. The van der Waals surface area contributed by atoms with Crippen molar-refractivity contribution in [2.75, 3.05) is 26.2 Å². The molecule has 0 radical (unpaired) electrons. The van der Waals surface area contributed by atoms with Crippen LogP contribution in [0.25, 0.3) is 0 Å². The van der Waals surface area contributed by atoms with Gasteiger partial charge in [-0.05, 0) is 146 Å². The van der Waals surface area contributed by atoms with E-state index in [4.69, 9.17) is 4.74 Å². The van der Waals surface area contributed by atoms with Crippen LogP contribution in [0.15, 0.2) is 6.07 Å². The van der Waals surface area contributed by atoms with Crippen molar-refractivity contribution in [2.24, 2.45) is 5.41 Å². The van der Waals surface area contributed by atoms with E-state index in [0.717, 1.165) is 32.4 Å². The topological polar surface area (TPSA) is 53.0 Å². The van der Waals surface area contributed by atoms with E-state index in [1.807, 2.05) is 25.7 Å². The highest BCUT2D eigenvalue weighted by molar-refractivity contribution is 5.69. The molecular weight excluding hydrogens is 448 g/mol. The Morgan fingerprint density at radius 1 is 1.00 bits per heavy atom. The van der Waals surface area contributed by atoms with Gasteiger partial charge in [0.05, 0.1) is 6.10 Å². The number of ether oxygens (including phenoxy) is 1. The van der Waals surface area contributed by atoms with Crippen LogP contribution in [0.1, 0.15) is 112 Å². The first-order valence-electron chi connectivity index (χ1n) is 14.5. The Morgan fingerprint density at radius 3 is 2.31 bits per heavy atom. The summed E-state index contributed by atoms with van der Waals surface area (Å²) >= 11 is 0. The van der Waals surface area contributed by atoms with Gasteiger partial charge in [0, 0.05) is 24.5 Å². The maximum Gasteiger partial charge on any atom is 0.410 e. The third-order valence-electron chi connectivity index (χ3n) is 9.92. The van der Waals surface area contributed by atoms with E-state index in [2.05, 4.69) is 31.7 Å². The third-order valence-corrected chi connectivity index (χ3v) is 9.92. The van der Waals surface area contributed by atoms with E-state index < -0.39 is 5.60 Å². The van der Waals surface area contributed by atoms with Gasteiger partial charge in [-0.25, -0.2) is 4.79 Å². The lowest BCUT2D eigenvalue weighted by molar-refractivity contribution is -0.0347. The van der Waals surface area contributed by atoms with Crippen LogP contribution in [-0.2, 0) is 4.74 Å². The van der Waals surface area contributed by atoms with Crippen molar-refractivity contribution < 1.29 is 14.6 Å². The fourth-order valence-electron chi connectivity index (χ4n) is 7.80. The molecule has 200 valence electrons. The van der Waals surface area contributed by atoms with Gasteiger partial charge in [-0.15, -0.1) is 0 Å². The van der Waals surface area contributed by atoms with Crippen LogP contribution in [0, 0.1) is 26.2 Å². The van der Waals surface area contributed by atoms with Crippen LogP contribution in [0.2, 0.25) is 0 Å². The summed E-state index contributed by atoms with van der Waals surface area (Å²) in [6, 6.07) is 3.16. The minimum atomic E-state index is -0.422. The lowest BCUT2D eigenvalue weighted by Crippen LogP contribution is -2.58. The minimum absolute atomic E-state index is 0.127. The summed E-state index contributed by atoms with van der Waals surface area (Å²) in [5.41, 5.74) is 7.39. The summed E-state index contributed by atoms with van der Waals surface area (Å²) in [6.45, 7) is 16.8. The number of likely N-dealkylation sites (tertiary alicyclic amines) is 2. The SMILES string of the molecule is Cc1cc(C2CCN([C@@H]3CCC4(C3)CN(C(=O)OC(C)(C)C)C4)CC2)c(C2CCC(O)C2)c(C)c1C. The van der Waals surface area contributed by atoms with Gasteiger partial charge in [0.2, 0.25) is 0 Å². The van der Waals surface area contributed by atoms with Crippen molar-refractivity contribution in [3.63, 3.8) is 0 Å². The fraction of sp³-hybridized carbons (Fsp3) is 0.774. The molecule has 5 rings (SSSR count). The van der Waals surface area contributed by atoms with Crippen molar-refractivity contribution >= 4 is 6.09 Å². The summed E-state index contributed by atoms with van der Waals surface area (Å²) < 4.78 is 5.58. The van der Waals surface area contributed by atoms with Gasteiger partial charge >= 0.3 is 6.09 Å². The zero-order valence-corrected chi connectivity index (χ0v) is 23.5. The molecule has 0 bridgehead atoms. The number of hydrogen-bond donors (Lipinski definition) is 1. The largest absolute Gasteiger partial charge is 0.444 e. The molecule has 0 aromatic heterocycles. The molecule has 1 N–H and O–H groups in total. The van der Waals surface area contributed by atoms with Gasteiger partial charge < -0.3 is 19.6 Å². The number of aliphatic hydroxyl groups excluding tert-OH is 1. The van der Waals surface area contributed by atoms with Crippen LogP contribution in [0.4, 0.5) is 4.79 Å². The summed E-state index contributed by atoms with van der Waals surface area (Å²) in [5, 5.41) is 10.3. The molecule has 1 spiro atoms. The number of hydrogen-bond acceptors (Lipinski definition) is 4. The molecular formula is C31H48N2O3. The first-order chi connectivity index (χ1) is 16.9. The fourth-order valence-corrected chi connectivity index (χ4v) is 7.80. The Bertz CT molecular complexity index is 983. The number of rotatable bonds is 3. The Kier molecular flexibility index (Phi) is 6.95. The zero-order chi connectivity index (χ0) is 25.8. The molecule has 2 saturated carbocycles. The van der Waals surface area contributed by atoms with Crippen LogP contribution in [0.3, 0.4) is 0 Å². The highest BCUT2D eigenvalue weighted by Crippen LogP contribution is 2.49. The van der Waals surface area contributed by atoms with Crippen molar-refractivity contribution in [1.82, 2.24) is 9.80 Å². The smallest absolute Gasteiger partial charge is 0.410 e. The van der Waals surface area contributed by atoms with Gasteiger partial charge in [-0.2, -0.15) is 0 Å². The van der Waals surface area contributed by atoms with Crippen molar-refractivity contribution in [1.29, 1.82) is 0 Å². The Hall–Kier alpha value is -1.59. The molecule has 3 atom stereocenters. The summed E-state index contributed by atoms with van der Waals surface area (Å²) in [6.07, 6.45) is 8.93. The standard InChI is InChI=1S/C31H48N2O3/c1-20-15-27(28(22(3)21(20)2)24-7-8-26(34)16-24)23-10-13-32(14-11-23)25-9-12-31(17-25)18-33(19-31)29(35)36-30(4,5)6/h15,23-26,34H,7-14,16-19H2,1-6H3/t24?,25-,26?/m1/s1. The van der Waals surface area contributed by atoms with E-state index in [9.17, 15) is 9.90 Å². The normalized spacial score (nSPS) is 29.1. The second-order valence-corrected chi connectivity index (χ2v) is 13.7. The lowest BCUT2D eigenvalue weighted by Gasteiger charge is -2.48. The average Bonchev–Trinajstić information content (AvgIpc) is 3.42. The molecule has 2 heterocycles. The van der Waals surface area contributed by atoms with E-state index in [0.29, 0.717) is 23.3 Å². The molecule has 5 heteroatoms. The van der Waals surface area contributed by atoms with Crippen LogP contribution >= 0.6 is 0 Å². The number of benzene rings is 1. The molecule has 2 aliphatic carbocycles. The van der Waals surface area contributed by atoms with E-state index in [-0.39, 0.29) is 12.2 Å². The van der Waals surface area contributed by atoms with Gasteiger partial charge in [0.1, 0.15) is 5.60 Å². The number of aliphatic hydroxyl groups is 1. The zero-order valence-electron chi connectivity index (χ0n) is 23.5. The third kappa shape index (κ3) is 5.07. The Balaban J connectivity index is 1.20. The van der Waals surface area contributed by atoms with Gasteiger partial charge in [0.15, 0.2) is 0 Å². The highest BCUT2D eigenvalue weighted by Gasteiger charge is 2.51. The molecule has 5 nitrogen and oxygen atoms in total. The monoisotopic (exact) mass is 496 g/mol. The van der Waals surface area contributed by atoms with Gasteiger partial charge in [-0.3, -0.25) is 0 Å². The predicted octanol–water partition coefficient (Wildman–Crippen LogP) is 6.21. The number of nitrogens with zero attached hydrogens (tertiary/aromatic N) is 2. The molecule has 2 saturated heterocycles. The Labute approximate surface area is 218 Å². The van der Waals surface area contributed by atoms with E-state index >= 15 is 0 Å².